The largest absolute Gasteiger partial charge is 0.506 e. The second-order valence-electron chi connectivity index (χ2n) is 4.93. The third-order valence-corrected chi connectivity index (χ3v) is 4.88. The summed E-state index contributed by atoms with van der Waals surface area (Å²) in [6.07, 6.45) is 1.59. The van der Waals surface area contributed by atoms with Gasteiger partial charge in [-0.2, -0.15) is 0 Å². The van der Waals surface area contributed by atoms with Gasteiger partial charge in [-0.1, -0.05) is 39.1 Å². The number of nitrogens with one attached hydrogen (secondary N) is 1. The van der Waals surface area contributed by atoms with E-state index in [-0.39, 0.29) is 16.7 Å². The van der Waals surface area contributed by atoms with E-state index in [1.807, 2.05) is 19.1 Å². The Kier molecular flexibility index (Phi) is 3.93. The van der Waals surface area contributed by atoms with E-state index in [2.05, 4.69) is 21.2 Å². The summed E-state index contributed by atoms with van der Waals surface area (Å²) in [6, 6.07) is 6.72. The van der Waals surface area contributed by atoms with E-state index in [4.69, 9.17) is 23.2 Å². The lowest BCUT2D eigenvalue weighted by Crippen LogP contribution is -2.03. The number of carbonyl (C=O) groups is 1. The number of benzene rings is 2. The van der Waals surface area contributed by atoms with Crippen LogP contribution in [-0.4, -0.2) is 11.0 Å². The van der Waals surface area contributed by atoms with Crippen LogP contribution in [0.25, 0.3) is 11.6 Å². The number of anilines is 1. The average molecular weight is 399 g/mol. The van der Waals surface area contributed by atoms with Gasteiger partial charge in [-0.15, -0.1) is 0 Å². The fourth-order valence-electron chi connectivity index (χ4n) is 2.43. The van der Waals surface area contributed by atoms with Crippen LogP contribution < -0.4 is 5.32 Å². The summed E-state index contributed by atoms with van der Waals surface area (Å²) in [5, 5.41) is 13.4. The molecule has 0 bridgehead atoms. The van der Waals surface area contributed by atoms with Gasteiger partial charge >= 0.3 is 0 Å². The van der Waals surface area contributed by atoms with Crippen LogP contribution >= 0.6 is 39.1 Å². The van der Waals surface area contributed by atoms with Crippen LogP contribution in [0.3, 0.4) is 0 Å². The van der Waals surface area contributed by atoms with Crippen molar-refractivity contribution in [2.24, 2.45) is 0 Å². The van der Waals surface area contributed by atoms with Gasteiger partial charge in [0.1, 0.15) is 5.75 Å². The number of phenolic OH excluding ortho intramolecular Hbond substituents is 1. The molecule has 0 saturated carbocycles. The Labute approximate surface area is 145 Å². The third kappa shape index (κ3) is 2.51. The van der Waals surface area contributed by atoms with Crippen molar-refractivity contribution < 1.29 is 9.90 Å². The molecule has 6 heteroatoms. The summed E-state index contributed by atoms with van der Waals surface area (Å²) >= 11 is 15.4. The number of carbonyl (C=O) groups excluding carboxylic acids is 1. The van der Waals surface area contributed by atoms with Gasteiger partial charge in [0.05, 0.1) is 10.6 Å². The van der Waals surface area contributed by atoms with E-state index in [1.54, 1.807) is 12.1 Å². The molecule has 0 atom stereocenters. The normalized spacial score (nSPS) is 15.1. The van der Waals surface area contributed by atoms with Gasteiger partial charge in [-0.25, -0.2) is 0 Å². The van der Waals surface area contributed by atoms with Gasteiger partial charge in [0.15, 0.2) is 0 Å². The highest BCUT2D eigenvalue weighted by atomic mass is 79.9. The number of hydrogen-bond donors (Lipinski definition) is 2. The number of aromatic hydroxyl groups is 1. The number of phenols is 1. The van der Waals surface area contributed by atoms with E-state index < -0.39 is 0 Å². The predicted octanol–water partition coefficient (Wildman–Crippen LogP) is 5.26. The number of rotatable bonds is 1. The molecule has 1 aliphatic rings. The van der Waals surface area contributed by atoms with Crippen LogP contribution in [0.4, 0.5) is 5.69 Å². The van der Waals surface area contributed by atoms with Crippen LogP contribution in [-0.2, 0) is 4.79 Å². The highest BCUT2D eigenvalue weighted by molar-refractivity contribution is 9.10. The summed E-state index contributed by atoms with van der Waals surface area (Å²) in [5.41, 5.74) is 3.34. The molecule has 112 valence electrons. The number of fused-ring (bicyclic) bond motifs is 1. The first kappa shape index (κ1) is 15.4. The van der Waals surface area contributed by atoms with Crippen molar-refractivity contribution in [2.45, 2.75) is 6.92 Å². The van der Waals surface area contributed by atoms with E-state index in [1.165, 1.54) is 6.07 Å². The summed E-state index contributed by atoms with van der Waals surface area (Å²) < 4.78 is 0.905. The molecule has 2 aromatic rings. The molecule has 3 rings (SSSR count). The molecule has 0 fully saturated rings. The number of halogens is 3. The molecule has 0 aromatic heterocycles. The van der Waals surface area contributed by atoms with Crippen molar-refractivity contribution >= 4 is 62.4 Å². The van der Waals surface area contributed by atoms with Gasteiger partial charge < -0.3 is 10.4 Å². The Hall–Kier alpha value is -1.49. The van der Waals surface area contributed by atoms with Gasteiger partial charge in [0.25, 0.3) is 5.91 Å². The third-order valence-electron chi connectivity index (χ3n) is 3.52. The minimum absolute atomic E-state index is 0.104. The van der Waals surface area contributed by atoms with E-state index in [0.29, 0.717) is 16.2 Å². The second kappa shape index (κ2) is 5.61. The van der Waals surface area contributed by atoms with Crippen LogP contribution in [0.2, 0.25) is 10.0 Å². The molecule has 1 heterocycles. The molecule has 2 aromatic carbocycles. The maximum atomic E-state index is 12.2. The van der Waals surface area contributed by atoms with Gasteiger partial charge in [0.2, 0.25) is 0 Å². The summed E-state index contributed by atoms with van der Waals surface area (Å²) in [5.74, 6) is -0.334. The smallest absolute Gasteiger partial charge is 0.256 e. The maximum Gasteiger partial charge on any atom is 0.256 e. The molecule has 0 unspecified atom stereocenters. The molecular weight excluding hydrogens is 389 g/mol. The predicted molar refractivity (Wildman–Crippen MR) is 93.5 cm³/mol. The Morgan fingerprint density at radius 1 is 1.27 bits per heavy atom. The van der Waals surface area contributed by atoms with Crippen molar-refractivity contribution in [3.8, 4) is 5.75 Å². The Morgan fingerprint density at radius 3 is 2.73 bits per heavy atom. The maximum absolute atomic E-state index is 12.2. The first-order valence-corrected chi connectivity index (χ1v) is 7.94. The van der Waals surface area contributed by atoms with Crippen LogP contribution in [0.15, 0.2) is 28.7 Å². The van der Waals surface area contributed by atoms with E-state index in [9.17, 15) is 9.90 Å². The minimum atomic E-state index is -0.230. The molecule has 3 nitrogen and oxygen atoms in total. The molecule has 2 N–H and O–H groups in total. The zero-order valence-corrected chi connectivity index (χ0v) is 14.5. The van der Waals surface area contributed by atoms with Crippen LogP contribution in [0.1, 0.15) is 16.7 Å². The molecule has 0 aliphatic carbocycles. The van der Waals surface area contributed by atoms with Crippen molar-refractivity contribution in [1.82, 2.24) is 0 Å². The molecule has 0 radical (unpaired) electrons. The summed E-state index contributed by atoms with van der Waals surface area (Å²) in [4.78, 5) is 12.2. The summed E-state index contributed by atoms with van der Waals surface area (Å²) in [7, 11) is 0. The van der Waals surface area contributed by atoms with Crippen molar-refractivity contribution in [1.29, 1.82) is 0 Å². The van der Waals surface area contributed by atoms with Gasteiger partial charge in [0, 0.05) is 26.3 Å². The molecule has 0 saturated heterocycles. The lowest BCUT2D eigenvalue weighted by atomic mass is 9.99. The second-order valence-corrected chi connectivity index (χ2v) is 6.63. The van der Waals surface area contributed by atoms with Gasteiger partial charge in [-0.3, -0.25) is 4.79 Å². The SMILES string of the molecule is Cc1c(Br)ccc2c1C(=Cc1cc(Cl)cc(Cl)c1O)C(=O)N2. The average Bonchev–Trinajstić information content (AvgIpc) is 2.77. The van der Waals surface area contributed by atoms with Gasteiger partial charge in [-0.05, 0) is 42.8 Å². The molecular formula is C16H10BrCl2NO2. The molecule has 0 spiro atoms. The number of hydrogen-bond acceptors (Lipinski definition) is 2. The Bertz CT molecular complexity index is 847. The van der Waals surface area contributed by atoms with E-state index >= 15 is 0 Å². The highest BCUT2D eigenvalue weighted by Gasteiger charge is 2.27. The fourth-order valence-corrected chi connectivity index (χ4v) is 3.27. The monoisotopic (exact) mass is 397 g/mol. The lowest BCUT2D eigenvalue weighted by molar-refractivity contribution is -0.110. The van der Waals surface area contributed by atoms with Crippen LogP contribution in [0, 0.1) is 6.92 Å². The summed E-state index contributed by atoms with van der Waals surface area (Å²) in [6.45, 7) is 1.92. The van der Waals surface area contributed by atoms with Crippen molar-refractivity contribution in [3.63, 3.8) is 0 Å². The minimum Gasteiger partial charge on any atom is -0.506 e. The van der Waals surface area contributed by atoms with Crippen molar-refractivity contribution in [2.75, 3.05) is 5.32 Å². The molecule has 22 heavy (non-hydrogen) atoms. The zero-order valence-electron chi connectivity index (χ0n) is 11.4. The fraction of sp³-hybridized carbons (Fsp3) is 0.0625. The standard InChI is InChI=1S/C16H10BrCl2NO2/c1-7-11(17)2-3-13-14(7)10(16(22)20-13)5-8-4-9(18)6-12(19)15(8)21/h2-6,21H,1H3,(H,20,22). The first-order valence-electron chi connectivity index (χ1n) is 6.39. The Morgan fingerprint density at radius 2 is 2.00 bits per heavy atom. The van der Waals surface area contributed by atoms with Crippen LogP contribution in [0.5, 0.6) is 5.75 Å². The quantitative estimate of drug-likeness (QED) is 0.643. The topological polar surface area (TPSA) is 49.3 Å². The molecule has 1 amide bonds. The highest BCUT2D eigenvalue weighted by Crippen LogP contribution is 2.40. The Balaban J connectivity index is 2.23. The zero-order chi connectivity index (χ0) is 16.0. The number of amides is 1. The van der Waals surface area contributed by atoms with Crippen molar-refractivity contribution in [3.05, 3.63) is 55.5 Å². The molecule has 1 aliphatic heterocycles. The lowest BCUT2D eigenvalue weighted by Gasteiger charge is -2.07. The first-order chi connectivity index (χ1) is 10.4. The van der Waals surface area contributed by atoms with E-state index in [0.717, 1.165) is 21.3 Å².